The zero-order valence-corrected chi connectivity index (χ0v) is 14.7. The lowest BCUT2D eigenvalue weighted by Crippen LogP contribution is -2.41. The minimum absolute atomic E-state index is 0.0895. The SMILES string of the molecule is CCCOc1ccc(OCC(=O)N2CCC(COC)(C(=O)O)C2)cc1. The van der Waals surface area contributed by atoms with Crippen LogP contribution in [0.3, 0.4) is 0 Å². The predicted molar refractivity (Wildman–Crippen MR) is 90.9 cm³/mol. The standard InChI is InChI=1S/C18H25NO6/c1-3-10-24-14-4-6-15(7-5-14)25-11-16(20)19-9-8-18(12-19,13-23-2)17(21)22/h4-7H,3,8-13H2,1-2H3,(H,21,22). The first-order chi connectivity index (χ1) is 12.0. The second-order valence-corrected chi connectivity index (χ2v) is 6.19. The monoisotopic (exact) mass is 351 g/mol. The molecule has 1 aliphatic rings. The van der Waals surface area contributed by atoms with Crippen molar-refractivity contribution in [2.45, 2.75) is 19.8 Å². The molecule has 1 aromatic carbocycles. The topological polar surface area (TPSA) is 85.3 Å². The lowest BCUT2D eigenvalue weighted by molar-refractivity contribution is -0.151. The van der Waals surface area contributed by atoms with E-state index >= 15 is 0 Å². The number of benzene rings is 1. The van der Waals surface area contributed by atoms with Gasteiger partial charge in [0.05, 0.1) is 13.2 Å². The number of ether oxygens (including phenoxy) is 3. The van der Waals surface area contributed by atoms with E-state index in [9.17, 15) is 14.7 Å². The van der Waals surface area contributed by atoms with Crippen molar-refractivity contribution in [1.82, 2.24) is 4.90 Å². The van der Waals surface area contributed by atoms with Crippen LogP contribution in [0.25, 0.3) is 0 Å². The summed E-state index contributed by atoms with van der Waals surface area (Å²) in [6.45, 7) is 3.18. The molecule has 1 saturated heterocycles. The highest BCUT2D eigenvalue weighted by Gasteiger charge is 2.46. The Balaban J connectivity index is 1.85. The number of methoxy groups -OCH3 is 1. The van der Waals surface area contributed by atoms with E-state index in [1.54, 1.807) is 24.3 Å². The van der Waals surface area contributed by atoms with Crippen LogP contribution in [0, 0.1) is 5.41 Å². The van der Waals surface area contributed by atoms with Gasteiger partial charge in [-0.3, -0.25) is 9.59 Å². The predicted octanol–water partition coefficient (Wildman–Crippen LogP) is 1.80. The molecule has 1 heterocycles. The smallest absolute Gasteiger partial charge is 0.313 e. The molecule has 1 atom stereocenters. The molecule has 0 aliphatic carbocycles. The van der Waals surface area contributed by atoms with E-state index < -0.39 is 11.4 Å². The van der Waals surface area contributed by atoms with Gasteiger partial charge < -0.3 is 24.2 Å². The van der Waals surface area contributed by atoms with Crippen LogP contribution in [0.5, 0.6) is 11.5 Å². The van der Waals surface area contributed by atoms with Gasteiger partial charge in [0.1, 0.15) is 16.9 Å². The first-order valence-electron chi connectivity index (χ1n) is 8.36. The van der Waals surface area contributed by atoms with Crippen LogP contribution in [-0.4, -0.2) is 61.9 Å². The van der Waals surface area contributed by atoms with Gasteiger partial charge in [0.2, 0.25) is 0 Å². The summed E-state index contributed by atoms with van der Waals surface area (Å²) in [7, 11) is 1.46. The quantitative estimate of drug-likeness (QED) is 0.730. The molecule has 0 spiro atoms. The molecule has 0 aromatic heterocycles. The molecule has 7 nitrogen and oxygen atoms in total. The average molecular weight is 351 g/mol. The van der Waals surface area contributed by atoms with Gasteiger partial charge in [-0.2, -0.15) is 0 Å². The van der Waals surface area contributed by atoms with E-state index in [1.807, 2.05) is 6.92 Å². The van der Waals surface area contributed by atoms with Crippen LogP contribution in [0.2, 0.25) is 0 Å². The Kier molecular flexibility index (Phi) is 6.64. The number of rotatable bonds is 9. The van der Waals surface area contributed by atoms with Crippen molar-refractivity contribution >= 4 is 11.9 Å². The van der Waals surface area contributed by atoms with Gasteiger partial charge in [-0.1, -0.05) is 6.92 Å². The van der Waals surface area contributed by atoms with Crippen molar-refractivity contribution < 1.29 is 28.9 Å². The molecule has 25 heavy (non-hydrogen) atoms. The van der Waals surface area contributed by atoms with Crippen molar-refractivity contribution in [3.8, 4) is 11.5 Å². The molecule has 0 saturated carbocycles. The highest BCUT2D eigenvalue weighted by atomic mass is 16.5. The van der Waals surface area contributed by atoms with Gasteiger partial charge in [-0.05, 0) is 37.1 Å². The van der Waals surface area contributed by atoms with Crippen LogP contribution in [0.4, 0.5) is 0 Å². The molecule has 1 aliphatic heterocycles. The van der Waals surface area contributed by atoms with Crippen LogP contribution < -0.4 is 9.47 Å². The van der Waals surface area contributed by atoms with Crippen molar-refractivity contribution in [2.75, 3.05) is 40.0 Å². The number of carboxylic acid groups (broad SMARTS) is 1. The number of likely N-dealkylation sites (tertiary alicyclic amines) is 1. The Bertz CT molecular complexity index is 588. The summed E-state index contributed by atoms with van der Waals surface area (Å²) in [5, 5.41) is 9.43. The minimum atomic E-state index is -1.03. The largest absolute Gasteiger partial charge is 0.494 e. The fourth-order valence-corrected chi connectivity index (χ4v) is 2.80. The molecule has 2 rings (SSSR count). The summed E-state index contributed by atoms with van der Waals surface area (Å²) in [6, 6.07) is 7.07. The molecule has 0 radical (unpaired) electrons. The van der Waals surface area contributed by atoms with Crippen LogP contribution in [0.15, 0.2) is 24.3 Å². The van der Waals surface area contributed by atoms with Crippen LogP contribution in [-0.2, 0) is 14.3 Å². The third-order valence-electron chi connectivity index (χ3n) is 4.24. The van der Waals surface area contributed by atoms with E-state index in [1.165, 1.54) is 12.0 Å². The minimum Gasteiger partial charge on any atom is -0.494 e. The molecule has 1 amide bonds. The highest BCUT2D eigenvalue weighted by molar-refractivity contribution is 5.81. The van der Waals surface area contributed by atoms with E-state index in [2.05, 4.69) is 0 Å². The zero-order valence-electron chi connectivity index (χ0n) is 14.7. The molecule has 7 heteroatoms. The van der Waals surface area contributed by atoms with Gasteiger partial charge in [-0.15, -0.1) is 0 Å². The van der Waals surface area contributed by atoms with Crippen molar-refractivity contribution in [1.29, 1.82) is 0 Å². The summed E-state index contributed by atoms with van der Waals surface area (Å²) in [5.74, 6) is 0.155. The number of carbonyl (C=O) groups is 2. The lowest BCUT2D eigenvalue weighted by atomic mass is 9.88. The number of aliphatic carboxylic acids is 1. The van der Waals surface area contributed by atoms with Gasteiger partial charge >= 0.3 is 5.97 Å². The molecule has 1 aromatic rings. The molecular weight excluding hydrogens is 326 g/mol. The third kappa shape index (κ3) is 4.85. The van der Waals surface area contributed by atoms with Gasteiger partial charge in [-0.25, -0.2) is 0 Å². The number of hydrogen-bond acceptors (Lipinski definition) is 5. The maximum atomic E-state index is 12.3. The molecule has 1 N–H and O–H groups in total. The fraction of sp³-hybridized carbons (Fsp3) is 0.556. The van der Waals surface area contributed by atoms with Crippen molar-refractivity contribution in [3.05, 3.63) is 24.3 Å². The normalized spacial score (nSPS) is 19.7. The zero-order chi connectivity index (χ0) is 18.3. The summed E-state index contributed by atoms with van der Waals surface area (Å²) in [5.41, 5.74) is -1.03. The van der Waals surface area contributed by atoms with Crippen molar-refractivity contribution in [3.63, 3.8) is 0 Å². The molecule has 1 fully saturated rings. The van der Waals surface area contributed by atoms with Crippen LogP contribution in [0.1, 0.15) is 19.8 Å². The first kappa shape index (κ1) is 19.1. The molecule has 0 bridgehead atoms. The van der Waals surface area contributed by atoms with Crippen LogP contribution >= 0.6 is 0 Å². The number of carboxylic acids is 1. The van der Waals surface area contributed by atoms with E-state index in [-0.39, 0.29) is 25.7 Å². The molecule has 138 valence electrons. The average Bonchev–Trinajstić information content (AvgIpc) is 3.05. The Morgan fingerprint density at radius 2 is 1.84 bits per heavy atom. The maximum absolute atomic E-state index is 12.3. The van der Waals surface area contributed by atoms with Gasteiger partial charge in [0.15, 0.2) is 6.61 Å². The molecular formula is C18H25NO6. The van der Waals surface area contributed by atoms with E-state index in [4.69, 9.17) is 14.2 Å². The maximum Gasteiger partial charge on any atom is 0.313 e. The van der Waals surface area contributed by atoms with Gasteiger partial charge in [0, 0.05) is 20.2 Å². The Morgan fingerprint density at radius 3 is 2.40 bits per heavy atom. The Hall–Kier alpha value is -2.28. The van der Waals surface area contributed by atoms with Crippen molar-refractivity contribution in [2.24, 2.45) is 5.41 Å². The Labute approximate surface area is 147 Å². The summed E-state index contributed by atoms with van der Waals surface area (Å²) >= 11 is 0. The second kappa shape index (κ2) is 8.71. The fourth-order valence-electron chi connectivity index (χ4n) is 2.80. The van der Waals surface area contributed by atoms with E-state index in [0.29, 0.717) is 25.3 Å². The lowest BCUT2D eigenvalue weighted by Gasteiger charge is -2.23. The second-order valence-electron chi connectivity index (χ2n) is 6.19. The van der Waals surface area contributed by atoms with Gasteiger partial charge in [0.25, 0.3) is 5.91 Å². The highest BCUT2D eigenvalue weighted by Crippen LogP contribution is 2.31. The summed E-state index contributed by atoms with van der Waals surface area (Å²) in [4.78, 5) is 25.3. The molecule has 1 unspecified atom stereocenters. The number of hydrogen-bond donors (Lipinski definition) is 1. The third-order valence-corrected chi connectivity index (χ3v) is 4.24. The van der Waals surface area contributed by atoms with E-state index in [0.717, 1.165) is 12.2 Å². The summed E-state index contributed by atoms with van der Waals surface area (Å²) < 4.78 is 16.0. The Morgan fingerprint density at radius 1 is 1.20 bits per heavy atom. The number of carbonyl (C=O) groups excluding carboxylic acids is 1. The number of amides is 1. The first-order valence-corrected chi connectivity index (χ1v) is 8.36. The summed E-state index contributed by atoms with van der Waals surface area (Å²) in [6.07, 6.45) is 1.31. The number of nitrogens with zero attached hydrogens (tertiary/aromatic N) is 1.